The topological polar surface area (TPSA) is 90.8 Å². The fraction of sp³-hybridized carbons (Fsp3) is 0.308. The number of rotatable bonds is 5. The molecule has 102 valence electrons. The highest BCUT2D eigenvalue weighted by atomic mass is 16.6. The number of benzene rings is 1. The van der Waals surface area contributed by atoms with E-state index in [0.29, 0.717) is 12.3 Å². The van der Waals surface area contributed by atoms with Crippen molar-refractivity contribution in [1.29, 1.82) is 0 Å². The van der Waals surface area contributed by atoms with Crippen molar-refractivity contribution in [2.24, 2.45) is 10.7 Å². The van der Waals surface area contributed by atoms with Crippen molar-refractivity contribution in [2.75, 3.05) is 7.11 Å². The van der Waals surface area contributed by atoms with Crippen LogP contribution in [0.3, 0.4) is 0 Å². The van der Waals surface area contributed by atoms with E-state index in [0.717, 1.165) is 11.3 Å². The van der Waals surface area contributed by atoms with Gasteiger partial charge in [0.05, 0.1) is 24.3 Å². The predicted octanol–water partition coefficient (Wildman–Crippen LogP) is 2.12. The summed E-state index contributed by atoms with van der Waals surface area (Å²) < 4.78 is 5.05. The second kappa shape index (κ2) is 6.53. The van der Waals surface area contributed by atoms with E-state index in [4.69, 9.17) is 10.5 Å². The van der Waals surface area contributed by atoms with E-state index in [-0.39, 0.29) is 11.4 Å². The van der Waals surface area contributed by atoms with Gasteiger partial charge in [-0.05, 0) is 31.5 Å². The quantitative estimate of drug-likeness (QED) is 0.500. The van der Waals surface area contributed by atoms with Crippen LogP contribution in [0.4, 0.5) is 0 Å². The van der Waals surface area contributed by atoms with Crippen LogP contribution < -0.4 is 10.5 Å². The van der Waals surface area contributed by atoms with Crippen LogP contribution in [0.2, 0.25) is 0 Å². The average Bonchev–Trinajstić information content (AvgIpc) is 2.36. The van der Waals surface area contributed by atoms with Gasteiger partial charge < -0.3 is 10.5 Å². The molecule has 6 heteroatoms. The molecule has 0 saturated heterocycles. The first-order valence-corrected chi connectivity index (χ1v) is 5.70. The van der Waals surface area contributed by atoms with Crippen LogP contribution in [0, 0.1) is 10.1 Å². The van der Waals surface area contributed by atoms with Crippen LogP contribution in [-0.2, 0) is 6.54 Å². The summed E-state index contributed by atoms with van der Waals surface area (Å²) in [4.78, 5) is 14.5. The van der Waals surface area contributed by atoms with Crippen molar-refractivity contribution in [3.05, 3.63) is 51.3 Å². The minimum Gasteiger partial charge on any atom is -0.497 e. The van der Waals surface area contributed by atoms with E-state index < -0.39 is 4.92 Å². The number of ether oxygens (including phenoxy) is 1. The van der Waals surface area contributed by atoms with Gasteiger partial charge in [0.15, 0.2) is 0 Å². The number of nitro groups is 1. The summed E-state index contributed by atoms with van der Waals surface area (Å²) in [6.07, 6.45) is 0. The molecule has 1 aromatic carbocycles. The Balaban J connectivity index is 2.85. The molecule has 0 aromatic heterocycles. The summed E-state index contributed by atoms with van der Waals surface area (Å²) in [6.45, 7) is 3.43. The first-order valence-electron chi connectivity index (χ1n) is 5.70. The third kappa shape index (κ3) is 4.09. The number of nitrogens with zero attached hydrogens (tertiary/aromatic N) is 2. The number of methoxy groups -OCH3 is 1. The summed E-state index contributed by atoms with van der Waals surface area (Å²) in [6, 6.07) is 7.36. The molecule has 0 spiro atoms. The lowest BCUT2D eigenvalue weighted by atomic mass is 10.2. The van der Waals surface area contributed by atoms with E-state index in [2.05, 4.69) is 4.99 Å². The summed E-state index contributed by atoms with van der Waals surface area (Å²) in [5, 5.41) is 10.8. The SMILES string of the molecule is COc1ccc(CN=C(C)C(=C(C)N)[N+](=O)[O-])cc1. The number of hydrogen-bond donors (Lipinski definition) is 1. The van der Waals surface area contributed by atoms with Gasteiger partial charge in [-0.1, -0.05) is 12.1 Å². The molecule has 19 heavy (non-hydrogen) atoms. The third-order valence-electron chi connectivity index (χ3n) is 2.56. The molecule has 0 amide bonds. The van der Waals surface area contributed by atoms with Crippen LogP contribution in [0.15, 0.2) is 40.7 Å². The number of hydrogen-bond acceptors (Lipinski definition) is 5. The lowest BCUT2D eigenvalue weighted by Crippen LogP contribution is -2.14. The summed E-state index contributed by atoms with van der Waals surface area (Å²) in [5.41, 5.74) is 6.77. The first kappa shape index (κ1) is 14.7. The highest BCUT2D eigenvalue weighted by Gasteiger charge is 2.17. The maximum Gasteiger partial charge on any atom is 0.308 e. The summed E-state index contributed by atoms with van der Waals surface area (Å²) in [7, 11) is 1.59. The molecule has 0 radical (unpaired) electrons. The predicted molar refractivity (Wildman–Crippen MR) is 73.7 cm³/mol. The number of nitrogens with two attached hydrogens (primary N) is 1. The van der Waals surface area contributed by atoms with Crippen LogP contribution in [-0.4, -0.2) is 17.7 Å². The normalized spacial score (nSPS) is 12.9. The fourth-order valence-corrected chi connectivity index (χ4v) is 1.58. The van der Waals surface area contributed by atoms with Crippen LogP contribution in [0.25, 0.3) is 0 Å². The number of allylic oxidation sites excluding steroid dienone is 2. The zero-order valence-corrected chi connectivity index (χ0v) is 11.2. The van der Waals surface area contributed by atoms with E-state index >= 15 is 0 Å². The van der Waals surface area contributed by atoms with Gasteiger partial charge in [0.2, 0.25) is 0 Å². The van der Waals surface area contributed by atoms with E-state index in [1.807, 2.05) is 24.3 Å². The van der Waals surface area contributed by atoms with Gasteiger partial charge in [0.25, 0.3) is 0 Å². The van der Waals surface area contributed by atoms with Gasteiger partial charge in [-0.25, -0.2) is 0 Å². The Morgan fingerprint density at radius 3 is 2.37 bits per heavy atom. The fourth-order valence-electron chi connectivity index (χ4n) is 1.58. The third-order valence-corrected chi connectivity index (χ3v) is 2.56. The molecule has 0 aliphatic heterocycles. The molecule has 0 fully saturated rings. The molecule has 0 heterocycles. The summed E-state index contributed by atoms with van der Waals surface area (Å²) >= 11 is 0. The maximum absolute atomic E-state index is 10.8. The molecule has 0 atom stereocenters. The van der Waals surface area contributed by atoms with Crippen molar-refractivity contribution in [1.82, 2.24) is 0 Å². The Labute approximate surface area is 111 Å². The van der Waals surface area contributed by atoms with Gasteiger partial charge in [0.1, 0.15) is 11.5 Å². The Hall–Kier alpha value is -2.37. The zero-order chi connectivity index (χ0) is 14.4. The Morgan fingerprint density at radius 1 is 1.37 bits per heavy atom. The standard InChI is InChI=1S/C13H17N3O3/c1-9(14)13(16(17)18)10(2)15-8-11-4-6-12(19-3)7-5-11/h4-7H,8,14H2,1-3H3. The van der Waals surface area contributed by atoms with Gasteiger partial charge in [-0.15, -0.1) is 0 Å². The van der Waals surface area contributed by atoms with Crippen LogP contribution >= 0.6 is 0 Å². The molecule has 2 N–H and O–H groups in total. The monoisotopic (exact) mass is 263 g/mol. The number of aliphatic imine (C=N–C) groups is 1. The molecule has 6 nitrogen and oxygen atoms in total. The minimum absolute atomic E-state index is 0.131. The highest BCUT2D eigenvalue weighted by molar-refractivity contribution is 5.96. The lowest BCUT2D eigenvalue weighted by Gasteiger charge is -2.03. The molecular weight excluding hydrogens is 246 g/mol. The van der Waals surface area contributed by atoms with Crippen molar-refractivity contribution in [2.45, 2.75) is 20.4 Å². The van der Waals surface area contributed by atoms with Crippen molar-refractivity contribution in [3.8, 4) is 5.75 Å². The van der Waals surface area contributed by atoms with E-state index in [9.17, 15) is 10.1 Å². The minimum atomic E-state index is -0.512. The van der Waals surface area contributed by atoms with Crippen LogP contribution in [0.1, 0.15) is 19.4 Å². The second-order valence-electron chi connectivity index (χ2n) is 4.04. The second-order valence-corrected chi connectivity index (χ2v) is 4.04. The average molecular weight is 263 g/mol. The molecule has 1 aromatic rings. The lowest BCUT2D eigenvalue weighted by molar-refractivity contribution is -0.416. The van der Waals surface area contributed by atoms with Gasteiger partial charge >= 0.3 is 5.70 Å². The van der Waals surface area contributed by atoms with E-state index in [1.54, 1.807) is 14.0 Å². The highest BCUT2D eigenvalue weighted by Crippen LogP contribution is 2.12. The van der Waals surface area contributed by atoms with Crippen molar-refractivity contribution in [3.63, 3.8) is 0 Å². The molecule has 0 bridgehead atoms. The van der Waals surface area contributed by atoms with E-state index in [1.165, 1.54) is 6.92 Å². The Morgan fingerprint density at radius 2 is 1.95 bits per heavy atom. The van der Waals surface area contributed by atoms with Gasteiger partial charge in [0, 0.05) is 0 Å². The Kier molecular flexibility index (Phi) is 5.05. The smallest absolute Gasteiger partial charge is 0.308 e. The molecule has 0 unspecified atom stereocenters. The van der Waals surface area contributed by atoms with Crippen molar-refractivity contribution >= 4 is 5.71 Å². The van der Waals surface area contributed by atoms with Gasteiger partial charge in [-0.2, -0.15) is 0 Å². The largest absolute Gasteiger partial charge is 0.497 e. The molecule has 1 rings (SSSR count). The molecule has 0 saturated carbocycles. The molecular formula is C13H17N3O3. The molecule has 0 aliphatic rings. The zero-order valence-electron chi connectivity index (χ0n) is 11.2. The summed E-state index contributed by atoms with van der Waals surface area (Å²) in [5.74, 6) is 0.758. The maximum atomic E-state index is 10.8. The van der Waals surface area contributed by atoms with Gasteiger partial charge in [-0.3, -0.25) is 15.1 Å². The Bertz CT molecular complexity index is 514. The molecule has 0 aliphatic carbocycles. The van der Waals surface area contributed by atoms with Crippen LogP contribution in [0.5, 0.6) is 5.75 Å². The first-order chi connectivity index (χ1) is 8.95. The van der Waals surface area contributed by atoms with Crippen molar-refractivity contribution < 1.29 is 9.66 Å².